The third kappa shape index (κ3) is 38.4. The molecule has 1 heterocycles. The molecular weight excluding hydrogens is 549 g/mol. The van der Waals surface area contributed by atoms with Crippen molar-refractivity contribution in [2.24, 2.45) is 0 Å². The van der Waals surface area contributed by atoms with E-state index in [-0.39, 0.29) is 0 Å². The Labute approximate surface area is 283 Å². The molecule has 1 aliphatic rings. The molecule has 0 aliphatic carbocycles. The minimum atomic E-state index is -0.715. The first kappa shape index (κ1) is 44.2. The lowest BCUT2D eigenvalue weighted by Gasteiger charge is -2.20. The zero-order valence-corrected chi connectivity index (χ0v) is 32.7. The molecule has 0 saturated carbocycles. The predicted octanol–water partition coefficient (Wildman–Crippen LogP) is 15.8. The van der Waals surface area contributed by atoms with Crippen LogP contribution in [0.2, 0.25) is 12.1 Å². The van der Waals surface area contributed by atoms with E-state index in [1.165, 1.54) is 243 Å². The van der Waals surface area contributed by atoms with E-state index >= 15 is 0 Å². The number of hydrogen-bond acceptors (Lipinski definition) is 1. The Balaban J connectivity index is 0.000000840. The van der Waals surface area contributed by atoms with E-state index in [2.05, 4.69) is 20.8 Å². The third-order valence-electron chi connectivity index (χ3n) is 10.1. The monoisotopic (exact) mass is 637 g/mol. The Bertz CT molecular complexity index is 454. The fourth-order valence-corrected chi connectivity index (χ4v) is 9.54. The van der Waals surface area contributed by atoms with Crippen LogP contribution in [0.3, 0.4) is 0 Å². The van der Waals surface area contributed by atoms with Gasteiger partial charge in [-0.15, -0.1) is 0 Å². The molecule has 0 aromatic rings. The van der Waals surface area contributed by atoms with Gasteiger partial charge in [-0.2, -0.15) is 0 Å². The second kappa shape index (κ2) is 41.2. The Morgan fingerprint density at radius 3 is 0.795 bits per heavy atom. The fourth-order valence-electron chi connectivity index (χ4n) is 6.93. The summed E-state index contributed by atoms with van der Waals surface area (Å²) in [6.45, 7) is 7.97. The second-order valence-corrected chi connectivity index (χ2v) is 17.5. The van der Waals surface area contributed by atoms with Crippen molar-refractivity contribution in [3.05, 3.63) is 0 Å². The Morgan fingerprint density at radius 1 is 0.318 bits per heavy atom. The quantitative estimate of drug-likeness (QED) is 0.0504. The van der Waals surface area contributed by atoms with Gasteiger partial charge in [0.25, 0.3) is 0 Å². The zero-order valence-electron chi connectivity index (χ0n) is 31.6. The molecule has 0 amide bonds. The maximum absolute atomic E-state index is 5.93. The highest BCUT2D eigenvalue weighted by Crippen LogP contribution is 2.19. The molecule has 1 atom stereocenters. The normalized spacial score (nSPS) is 14.9. The SMILES string of the molecule is CCCCCCCCCCCCCCCCCCCCCC.CCCCCCCCCCCCCCCC[SiH]1CCCCO1. The van der Waals surface area contributed by atoms with Gasteiger partial charge in [0.1, 0.15) is 0 Å². The first-order valence-corrected chi connectivity index (χ1v) is 23.6. The summed E-state index contributed by atoms with van der Waals surface area (Å²) in [6.07, 6.45) is 52.7. The van der Waals surface area contributed by atoms with Gasteiger partial charge < -0.3 is 4.43 Å². The van der Waals surface area contributed by atoms with E-state index in [1.54, 1.807) is 0 Å². The van der Waals surface area contributed by atoms with Crippen LogP contribution in [0.15, 0.2) is 0 Å². The highest BCUT2D eigenvalue weighted by Gasteiger charge is 2.15. The highest BCUT2D eigenvalue weighted by molar-refractivity contribution is 6.51. The van der Waals surface area contributed by atoms with Gasteiger partial charge in [-0.1, -0.05) is 245 Å². The lowest BCUT2D eigenvalue weighted by atomic mass is 10.0. The summed E-state index contributed by atoms with van der Waals surface area (Å²) in [5.41, 5.74) is 0. The van der Waals surface area contributed by atoms with Crippen molar-refractivity contribution in [1.82, 2.24) is 0 Å². The molecule has 0 spiro atoms. The summed E-state index contributed by atoms with van der Waals surface area (Å²) in [5, 5.41) is 0. The minimum absolute atomic E-state index is 0.715. The smallest absolute Gasteiger partial charge is 0.176 e. The van der Waals surface area contributed by atoms with Crippen LogP contribution in [-0.4, -0.2) is 15.6 Å². The molecule has 0 aromatic heterocycles. The van der Waals surface area contributed by atoms with E-state index in [0.717, 1.165) is 6.61 Å². The standard InChI is InChI=1S/C22H46.C20H42OSi/c1-3-5-7-9-11-13-15-17-19-21-22-20-18-16-14-12-10-8-6-4-2;1-2-3-4-5-6-7-8-9-10-11-12-13-14-16-19-22-20-17-15-18-21-22/h3-22H2,1-2H3;22H,2-20H2,1H3. The van der Waals surface area contributed by atoms with Gasteiger partial charge in [-0.05, 0) is 18.5 Å². The summed E-state index contributed by atoms with van der Waals surface area (Å²) in [5.74, 6) is 0. The van der Waals surface area contributed by atoms with E-state index in [1.807, 2.05) is 0 Å². The molecule has 1 unspecified atom stereocenters. The van der Waals surface area contributed by atoms with Gasteiger partial charge in [0.05, 0.1) is 0 Å². The average Bonchev–Trinajstić information content (AvgIpc) is 3.05. The molecule has 0 aromatic carbocycles. The summed E-state index contributed by atoms with van der Waals surface area (Å²) in [4.78, 5) is 0. The maximum Gasteiger partial charge on any atom is 0.176 e. The van der Waals surface area contributed by atoms with Crippen LogP contribution in [0.1, 0.15) is 252 Å². The topological polar surface area (TPSA) is 9.23 Å². The number of hydrogen-bond donors (Lipinski definition) is 0. The lowest BCUT2D eigenvalue weighted by Crippen LogP contribution is -2.22. The summed E-state index contributed by atoms with van der Waals surface area (Å²) >= 11 is 0. The molecule has 1 aliphatic heterocycles. The van der Waals surface area contributed by atoms with E-state index < -0.39 is 9.04 Å². The van der Waals surface area contributed by atoms with Gasteiger partial charge >= 0.3 is 0 Å². The van der Waals surface area contributed by atoms with Crippen molar-refractivity contribution >= 4 is 9.04 Å². The van der Waals surface area contributed by atoms with Crippen LogP contribution >= 0.6 is 0 Å². The van der Waals surface area contributed by atoms with Crippen molar-refractivity contribution in [1.29, 1.82) is 0 Å². The van der Waals surface area contributed by atoms with Gasteiger partial charge in [0.2, 0.25) is 0 Å². The van der Waals surface area contributed by atoms with Gasteiger partial charge in [-0.25, -0.2) is 0 Å². The highest BCUT2D eigenvalue weighted by atomic mass is 28.3. The van der Waals surface area contributed by atoms with Crippen LogP contribution in [0.5, 0.6) is 0 Å². The van der Waals surface area contributed by atoms with Crippen LogP contribution < -0.4 is 0 Å². The summed E-state index contributed by atoms with van der Waals surface area (Å²) < 4.78 is 5.93. The van der Waals surface area contributed by atoms with Crippen LogP contribution in [0.4, 0.5) is 0 Å². The molecule has 2 heteroatoms. The molecule has 44 heavy (non-hydrogen) atoms. The second-order valence-electron chi connectivity index (χ2n) is 14.7. The van der Waals surface area contributed by atoms with E-state index in [9.17, 15) is 0 Å². The minimum Gasteiger partial charge on any atom is -0.420 e. The number of unbranched alkanes of at least 4 members (excludes halogenated alkanes) is 32. The lowest BCUT2D eigenvalue weighted by molar-refractivity contribution is 0.285. The van der Waals surface area contributed by atoms with Gasteiger partial charge in [0, 0.05) is 6.61 Å². The molecule has 1 fully saturated rings. The molecular formula is C42H88OSi. The van der Waals surface area contributed by atoms with Gasteiger partial charge in [0.15, 0.2) is 9.04 Å². The van der Waals surface area contributed by atoms with Crippen molar-refractivity contribution < 1.29 is 4.43 Å². The van der Waals surface area contributed by atoms with Crippen molar-refractivity contribution in [2.45, 2.75) is 264 Å². The Hall–Kier alpha value is 0.177. The van der Waals surface area contributed by atoms with Crippen molar-refractivity contribution in [2.75, 3.05) is 6.61 Å². The van der Waals surface area contributed by atoms with Crippen LogP contribution in [0.25, 0.3) is 0 Å². The molecule has 0 bridgehead atoms. The molecule has 0 radical (unpaired) electrons. The molecule has 1 saturated heterocycles. The first-order chi connectivity index (χ1) is 21.8. The zero-order chi connectivity index (χ0) is 31.9. The predicted molar refractivity (Wildman–Crippen MR) is 206 cm³/mol. The largest absolute Gasteiger partial charge is 0.420 e. The number of rotatable bonds is 34. The molecule has 0 N–H and O–H groups in total. The fraction of sp³-hybridized carbons (Fsp3) is 1.00. The van der Waals surface area contributed by atoms with Crippen molar-refractivity contribution in [3.8, 4) is 0 Å². The maximum atomic E-state index is 5.93. The van der Waals surface area contributed by atoms with E-state index in [0.29, 0.717) is 0 Å². The van der Waals surface area contributed by atoms with Crippen LogP contribution in [0, 0.1) is 0 Å². The molecule has 266 valence electrons. The van der Waals surface area contributed by atoms with Crippen LogP contribution in [-0.2, 0) is 4.43 Å². The Morgan fingerprint density at radius 2 is 0.568 bits per heavy atom. The average molecular weight is 637 g/mol. The van der Waals surface area contributed by atoms with Crippen molar-refractivity contribution in [3.63, 3.8) is 0 Å². The third-order valence-corrected chi connectivity index (χ3v) is 12.9. The summed E-state index contributed by atoms with van der Waals surface area (Å²) in [6, 6.07) is 2.91. The van der Waals surface area contributed by atoms with E-state index in [4.69, 9.17) is 4.43 Å². The summed E-state index contributed by atoms with van der Waals surface area (Å²) in [7, 11) is -0.715. The van der Waals surface area contributed by atoms with Gasteiger partial charge in [-0.3, -0.25) is 0 Å². The first-order valence-electron chi connectivity index (χ1n) is 21.5. The molecule has 1 nitrogen and oxygen atoms in total. The molecule has 1 rings (SSSR count). The Kier molecular flexibility index (Phi) is 41.4.